The number of methoxy groups -OCH3 is 1. The van der Waals surface area contributed by atoms with E-state index in [1.54, 1.807) is 0 Å². The van der Waals surface area contributed by atoms with E-state index in [0.29, 0.717) is 0 Å². The van der Waals surface area contributed by atoms with E-state index in [4.69, 9.17) is 14.0 Å². The second-order valence-corrected chi connectivity index (χ2v) is 6.99. The van der Waals surface area contributed by atoms with Gasteiger partial charge in [0.05, 0.1) is 18.6 Å². The molecule has 0 radical (unpaired) electrons. The number of sulfonamides is 1. The summed E-state index contributed by atoms with van der Waals surface area (Å²) in [5.41, 5.74) is -0.000725. The molecular weight excluding hydrogens is 310 g/mol. The Kier molecular flexibility index (Phi) is 5.34. The molecule has 0 heterocycles. The van der Waals surface area contributed by atoms with E-state index in [0.717, 1.165) is 12.3 Å². The van der Waals surface area contributed by atoms with Gasteiger partial charge >= 0.3 is 0 Å². The lowest BCUT2D eigenvalue weighted by Crippen LogP contribution is -2.12. The van der Waals surface area contributed by atoms with Crippen LogP contribution in [0, 0.1) is 0 Å². The highest BCUT2D eigenvalue weighted by molar-refractivity contribution is 7.92. The summed E-state index contributed by atoms with van der Waals surface area (Å²) < 4.78 is 65.9. The minimum absolute atomic E-state index is 0.000725. The number of ether oxygens (including phenoxy) is 2. The van der Waals surface area contributed by atoms with Gasteiger partial charge in [-0.15, -0.1) is 0 Å². The molecule has 114 valence electrons. The molecule has 0 unspecified atom stereocenters. The quantitative estimate of drug-likeness (QED) is 0.547. The molecule has 8 nitrogen and oxygen atoms in total. The Hall–Kier alpha value is -1.36. The molecule has 10 heteroatoms. The van der Waals surface area contributed by atoms with E-state index >= 15 is 0 Å². The zero-order valence-electron chi connectivity index (χ0n) is 10.9. The third-order valence-corrected chi connectivity index (χ3v) is 3.55. The summed E-state index contributed by atoms with van der Waals surface area (Å²) in [6, 6.07) is 3.53. The molecule has 2 N–H and O–H groups in total. The van der Waals surface area contributed by atoms with E-state index in [-0.39, 0.29) is 24.7 Å². The zero-order valence-corrected chi connectivity index (χ0v) is 12.5. The minimum atomic E-state index is -4.55. The predicted molar refractivity (Wildman–Crippen MR) is 72.1 cm³/mol. The van der Waals surface area contributed by atoms with Crippen LogP contribution in [-0.2, 0) is 24.9 Å². The van der Waals surface area contributed by atoms with Crippen LogP contribution in [0.4, 0.5) is 5.69 Å². The number of anilines is 1. The van der Waals surface area contributed by atoms with Gasteiger partial charge in [0.25, 0.3) is 10.1 Å². The molecule has 1 rings (SSSR count). The van der Waals surface area contributed by atoms with Crippen LogP contribution in [0.3, 0.4) is 0 Å². The molecule has 0 aromatic heterocycles. The van der Waals surface area contributed by atoms with Crippen molar-refractivity contribution in [3.8, 4) is 5.75 Å². The highest BCUT2D eigenvalue weighted by Gasteiger charge is 2.18. The van der Waals surface area contributed by atoms with E-state index < -0.39 is 25.0 Å². The van der Waals surface area contributed by atoms with Gasteiger partial charge in [-0.3, -0.25) is 9.27 Å². The van der Waals surface area contributed by atoms with E-state index in [9.17, 15) is 16.8 Å². The third-order valence-electron chi connectivity index (χ3n) is 2.07. The van der Waals surface area contributed by atoms with Crippen molar-refractivity contribution in [1.82, 2.24) is 0 Å². The Balaban J connectivity index is 3.14. The van der Waals surface area contributed by atoms with E-state index in [1.807, 2.05) is 0 Å². The zero-order chi connectivity index (χ0) is 15.4. The molecule has 1 aromatic carbocycles. The fourth-order valence-electron chi connectivity index (χ4n) is 1.34. The Morgan fingerprint density at radius 2 is 1.85 bits per heavy atom. The molecule has 0 atom stereocenters. The van der Waals surface area contributed by atoms with Crippen LogP contribution >= 0.6 is 0 Å². The third kappa shape index (κ3) is 5.33. The molecule has 0 aliphatic carbocycles. The first-order valence-corrected chi connectivity index (χ1v) is 8.67. The average Bonchev–Trinajstić information content (AvgIpc) is 2.27. The molecule has 0 saturated carbocycles. The molecule has 0 aliphatic heterocycles. The molecule has 1 aromatic rings. The molecule has 0 aliphatic rings. The Bertz CT molecular complexity index is 667. The van der Waals surface area contributed by atoms with Crippen molar-refractivity contribution in [1.29, 1.82) is 0 Å². The van der Waals surface area contributed by atoms with Gasteiger partial charge in [0.15, 0.2) is 0 Å². The van der Waals surface area contributed by atoms with Gasteiger partial charge in [0, 0.05) is 7.11 Å². The van der Waals surface area contributed by atoms with Crippen LogP contribution < -0.4 is 9.46 Å². The highest BCUT2D eigenvalue weighted by atomic mass is 32.2. The summed E-state index contributed by atoms with van der Waals surface area (Å²) >= 11 is 0. The van der Waals surface area contributed by atoms with Crippen molar-refractivity contribution in [2.45, 2.75) is 4.90 Å². The number of hydrogen-bond acceptors (Lipinski definition) is 6. The first-order chi connectivity index (χ1) is 9.13. The van der Waals surface area contributed by atoms with E-state index in [1.165, 1.54) is 19.2 Å². The summed E-state index contributed by atoms with van der Waals surface area (Å²) in [5.74, 6) is -0.0939. The van der Waals surface area contributed by atoms with E-state index in [2.05, 4.69) is 4.72 Å². The van der Waals surface area contributed by atoms with Crippen molar-refractivity contribution >= 4 is 25.8 Å². The maximum absolute atomic E-state index is 11.3. The highest BCUT2D eigenvalue weighted by Crippen LogP contribution is 2.27. The number of benzene rings is 1. The molecule has 0 amide bonds. The van der Waals surface area contributed by atoms with Crippen molar-refractivity contribution in [2.24, 2.45) is 0 Å². The largest absolute Gasteiger partial charge is 0.490 e. The molecule has 20 heavy (non-hydrogen) atoms. The maximum Gasteiger partial charge on any atom is 0.298 e. The lowest BCUT2D eigenvalue weighted by atomic mass is 10.3. The van der Waals surface area contributed by atoms with Gasteiger partial charge in [-0.05, 0) is 18.2 Å². The van der Waals surface area contributed by atoms with Crippen LogP contribution in [0.2, 0.25) is 0 Å². The van der Waals surface area contributed by atoms with Crippen LogP contribution in [0.5, 0.6) is 5.75 Å². The standard InChI is InChI=1S/C10H15NO7S2/c1-17-5-6-18-9-4-3-8(11-19(2,12)13)7-10(9)20(14,15)16/h3-4,7,11H,5-6H2,1-2H3,(H,14,15,16). The normalized spacial score (nSPS) is 12.2. The maximum atomic E-state index is 11.3. The first kappa shape index (κ1) is 16.7. The summed E-state index contributed by atoms with van der Waals surface area (Å²) in [7, 11) is -6.66. The molecular formula is C10H15NO7S2. The SMILES string of the molecule is COCCOc1ccc(NS(C)(=O)=O)cc1S(=O)(=O)O. The Morgan fingerprint density at radius 3 is 2.35 bits per heavy atom. The average molecular weight is 325 g/mol. The minimum Gasteiger partial charge on any atom is -0.490 e. The fraction of sp³-hybridized carbons (Fsp3) is 0.400. The van der Waals surface area contributed by atoms with Crippen LogP contribution in [-0.4, -0.2) is 48.0 Å². The lowest BCUT2D eigenvalue weighted by molar-refractivity contribution is 0.144. The lowest BCUT2D eigenvalue weighted by Gasteiger charge is -2.11. The van der Waals surface area contributed by atoms with Gasteiger partial charge < -0.3 is 9.47 Å². The summed E-state index contributed by atoms with van der Waals surface area (Å²) in [4.78, 5) is -0.526. The second-order valence-electron chi connectivity index (χ2n) is 3.85. The molecule has 0 spiro atoms. The summed E-state index contributed by atoms with van der Waals surface area (Å²) in [6.45, 7) is 0.312. The van der Waals surface area contributed by atoms with Crippen molar-refractivity contribution in [2.75, 3.05) is 31.3 Å². The van der Waals surface area contributed by atoms with Gasteiger partial charge in [-0.2, -0.15) is 8.42 Å². The number of rotatable bonds is 7. The smallest absolute Gasteiger partial charge is 0.298 e. The monoisotopic (exact) mass is 325 g/mol. The first-order valence-electron chi connectivity index (χ1n) is 5.34. The van der Waals surface area contributed by atoms with Crippen molar-refractivity contribution in [3.63, 3.8) is 0 Å². The van der Waals surface area contributed by atoms with Crippen molar-refractivity contribution in [3.05, 3.63) is 18.2 Å². The van der Waals surface area contributed by atoms with Crippen LogP contribution in [0.1, 0.15) is 0 Å². The van der Waals surface area contributed by atoms with Gasteiger partial charge in [-0.1, -0.05) is 0 Å². The second kappa shape index (κ2) is 6.39. The van der Waals surface area contributed by atoms with Crippen LogP contribution in [0.15, 0.2) is 23.1 Å². The van der Waals surface area contributed by atoms with Gasteiger partial charge in [0.2, 0.25) is 10.0 Å². The topological polar surface area (TPSA) is 119 Å². The van der Waals surface area contributed by atoms with Crippen LogP contribution in [0.25, 0.3) is 0 Å². The Labute approximate surface area is 117 Å². The molecule has 0 fully saturated rings. The number of hydrogen-bond donors (Lipinski definition) is 2. The summed E-state index contributed by atoms with van der Waals surface area (Å²) in [6.07, 6.45) is 0.920. The number of nitrogens with one attached hydrogen (secondary N) is 1. The fourth-order valence-corrected chi connectivity index (χ4v) is 2.55. The Morgan fingerprint density at radius 1 is 1.20 bits per heavy atom. The molecule has 0 bridgehead atoms. The van der Waals surface area contributed by atoms with Crippen molar-refractivity contribution < 1.29 is 30.9 Å². The molecule has 0 saturated heterocycles. The van der Waals surface area contributed by atoms with Gasteiger partial charge in [-0.25, -0.2) is 8.42 Å². The predicted octanol–water partition coefficient (Wildman–Crippen LogP) is 0.330. The summed E-state index contributed by atoms with van der Waals surface area (Å²) in [5, 5.41) is 0. The van der Waals surface area contributed by atoms with Gasteiger partial charge in [0.1, 0.15) is 17.3 Å².